The van der Waals surface area contributed by atoms with E-state index in [1.807, 2.05) is 31.2 Å². The molecule has 0 spiro atoms. The van der Waals surface area contributed by atoms with Crippen molar-refractivity contribution in [2.75, 3.05) is 13.2 Å². The van der Waals surface area contributed by atoms with Crippen LogP contribution in [0.5, 0.6) is 5.75 Å². The van der Waals surface area contributed by atoms with Gasteiger partial charge in [0.05, 0.1) is 0 Å². The van der Waals surface area contributed by atoms with Gasteiger partial charge in [-0.1, -0.05) is 48.0 Å². The Balaban J connectivity index is 1.91. The molecule has 24 heavy (non-hydrogen) atoms. The first-order valence-corrected chi connectivity index (χ1v) is 8.62. The van der Waals surface area contributed by atoms with E-state index in [0.29, 0.717) is 19.2 Å². The number of nitrogens with zero attached hydrogens (tertiary/aromatic N) is 1. The predicted octanol–water partition coefficient (Wildman–Crippen LogP) is 3.95. The average Bonchev–Trinajstić information content (AvgIpc) is 2.53. The van der Waals surface area contributed by atoms with Gasteiger partial charge in [0.15, 0.2) is 0 Å². The topological polar surface area (TPSA) is 32.7 Å². The largest absolute Gasteiger partial charge is 0.491 e. The average molecular weight is 327 g/mol. The lowest BCUT2D eigenvalue weighted by molar-refractivity contribution is 0.0541. The van der Waals surface area contributed by atoms with E-state index < -0.39 is 6.10 Å². The van der Waals surface area contributed by atoms with Crippen LogP contribution in [0.2, 0.25) is 0 Å². The molecule has 0 amide bonds. The van der Waals surface area contributed by atoms with Crippen LogP contribution in [0.25, 0.3) is 0 Å². The molecule has 0 saturated carbocycles. The summed E-state index contributed by atoms with van der Waals surface area (Å²) < 4.78 is 5.77. The van der Waals surface area contributed by atoms with Crippen LogP contribution in [0.4, 0.5) is 0 Å². The minimum absolute atomic E-state index is 0.307. The van der Waals surface area contributed by atoms with Crippen LogP contribution in [0.3, 0.4) is 0 Å². The summed E-state index contributed by atoms with van der Waals surface area (Å²) in [5, 5.41) is 10.4. The molecule has 0 radical (unpaired) electrons. The van der Waals surface area contributed by atoms with E-state index in [2.05, 4.69) is 49.9 Å². The van der Waals surface area contributed by atoms with Crippen LogP contribution < -0.4 is 4.74 Å². The van der Waals surface area contributed by atoms with Crippen molar-refractivity contribution < 1.29 is 9.84 Å². The zero-order chi connectivity index (χ0) is 17.5. The molecule has 3 nitrogen and oxygen atoms in total. The molecule has 0 saturated heterocycles. The van der Waals surface area contributed by atoms with Crippen LogP contribution in [0, 0.1) is 13.8 Å². The molecule has 3 heteroatoms. The zero-order valence-corrected chi connectivity index (χ0v) is 15.2. The molecule has 1 N–H and O–H groups in total. The van der Waals surface area contributed by atoms with Crippen molar-refractivity contribution >= 4 is 0 Å². The Morgan fingerprint density at radius 2 is 1.79 bits per heavy atom. The number of rotatable bonds is 8. The van der Waals surface area contributed by atoms with Crippen LogP contribution >= 0.6 is 0 Å². The Kier molecular flexibility index (Phi) is 6.83. The van der Waals surface area contributed by atoms with Crippen molar-refractivity contribution in [3.05, 3.63) is 65.2 Å². The molecule has 0 unspecified atom stereocenters. The van der Waals surface area contributed by atoms with Gasteiger partial charge in [0.25, 0.3) is 0 Å². The van der Waals surface area contributed by atoms with E-state index in [4.69, 9.17) is 4.74 Å². The third kappa shape index (κ3) is 5.66. The van der Waals surface area contributed by atoms with Gasteiger partial charge in [-0.25, -0.2) is 0 Å². The zero-order valence-electron chi connectivity index (χ0n) is 15.2. The van der Waals surface area contributed by atoms with Gasteiger partial charge in [-0.05, 0) is 44.9 Å². The molecular weight excluding hydrogens is 298 g/mol. The number of aryl methyl sites for hydroxylation is 2. The second-order valence-electron chi connectivity index (χ2n) is 6.74. The predicted molar refractivity (Wildman–Crippen MR) is 99.4 cm³/mol. The number of hydrogen-bond acceptors (Lipinski definition) is 3. The van der Waals surface area contributed by atoms with Gasteiger partial charge in [0, 0.05) is 19.1 Å². The van der Waals surface area contributed by atoms with Gasteiger partial charge in [0.2, 0.25) is 0 Å². The third-order valence-electron chi connectivity index (χ3n) is 4.17. The summed E-state index contributed by atoms with van der Waals surface area (Å²) in [4.78, 5) is 2.28. The second kappa shape index (κ2) is 8.86. The van der Waals surface area contributed by atoms with E-state index in [0.717, 1.165) is 17.9 Å². The molecule has 2 aromatic rings. The molecule has 0 aliphatic heterocycles. The highest BCUT2D eigenvalue weighted by Crippen LogP contribution is 2.17. The Labute approximate surface area is 145 Å². The molecule has 2 rings (SSSR count). The molecule has 0 fully saturated rings. The molecule has 0 aliphatic carbocycles. The lowest BCUT2D eigenvalue weighted by Crippen LogP contribution is -2.39. The summed E-state index contributed by atoms with van der Waals surface area (Å²) in [6.07, 6.45) is -0.517. The molecule has 0 aromatic heterocycles. The molecule has 0 aliphatic rings. The number of aliphatic hydroxyl groups excluding tert-OH is 1. The van der Waals surface area contributed by atoms with E-state index in [1.54, 1.807) is 0 Å². The van der Waals surface area contributed by atoms with Crippen LogP contribution in [-0.2, 0) is 6.54 Å². The summed E-state index contributed by atoms with van der Waals surface area (Å²) in [5.74, 6) is 0.839. The molecule has 2 aromatic carbocycles. The monoisotopic (exact) mass is 327 g/mol. The first-order chi connectivity index (χ1) is 11.5. The maximum absolute atomic E-state index is 10.4. The van der Waals surface area contributed by atoms with E-state index in [9.17, 15) is 5.11 Å². The minimum Gasteiger partial charge on any atom is -0.491 e. The molecule has 0 bridgehead atoms. The molecule has 1 atom stereocenters. The minimum atomic E-state index is -0.517. The Morgan fingerprint density at radius 3 is 2.46 bits per heavy atom. The van der Waals surface area contributed by atoms with Gasteiger partial charge in [0.1, 0.15) is 18.5 Å². The van der Waals surface area contributed by atoms with Crippen molar-refractivity contribution in [1.29, 1.82) is 0 Å². The Hall–Kier alpha value is -1.84. The lowest BCUT2D eigenvalue weighted by atomic mass is 10.1. The van der Waals surface area contributed by atoms with E-state index >= 15 is 0 Å². The number of aliphatic hydroxyl groups is 1. The normalized spacial score (nSPS) is 12.6. The van der Waals surface area contributed by atoms with Crippen molar-refractivity contribution in [2.24, 2.45) is 0 Å². The van der Waals surface area contributed by atoms with E-state index in [-0.39, 0.29) is 0 Å². The second-order valence-corrected chi connectivity index (χ2v) is 6.74. The van der Waals surface area contributed by atoms with Crippen molar-refractivity contribution in [3.63, 3.8) is 0 Å². The highest BCUT2D eigenvalue weighted by atomic mass is 16.5. The summed E-state index contributed by atoms with van der Waals surface area (Å²) in [5.41, 5.74) is 3.63. The number of ether oxygens (including phenoxy) is 1. The Bertz CT molecular complexity index is 639. The first-order valence-electron chi connectivity index (χ1n) is 8.62. The lowest BCUT2D eigenvalue weighted by Gasteiger charge is -2.29. The molecular formula is C21H29NO2. The summed E-state index contributed by atoms with van der Waals surface area (Å²) >= 11 is 0. The summed E-state index contributed by atoms with van der Waals surface area (Å²) in [7, 11) is 0. The fourth-order valence-electron chi connectivity index (χ4n) is 2.73. The van der Waals surface area contributed by atoms with Gasteiger partial charge in [-0.15, -0.1) is 0 Å². The number of hydrogen-bond donors (Lipinski definition) is 1. The van der Waals surface area contributed by atoms with Gasteiger partial charge in [-0.2, -0.15) is 0 Å². The van der Waals surface area contributed by atoms with Gasteiger partial charge >= 0.3 is 0 Å². The number of benzene rings is 2. The van der Waals surface area contributed by atoms with Gasteiger partial charge < -0.3 is 9.84 Å². The van der Waals surface area contributed by atoms with Crippen molar-refractivity contribution in [3.8, 4) is 5.75 Å². The standard InChI is InChI=1S/C21H29NO2/c1-16(2)22(13-19-10-7-8-17(3)12-19)14-20(23)15-24-21-11-6-5-9-18(21)4/h5-12,16,20,23H,13-15H2,1-4H3/t20-/m1/s1. The highest BCUT2D eigenvalue weighted by molar-refractivity contribution is 5.31. The fraction of sp³-hybridized carbons (Fsp3) is 0.429. The maximum atomic E-state index is 10.4. The summed E-state index contributed by atoms with van der Waals surface area (Å²) in [6, 6.07) is 16.8. The maximum Gasteiger partial charge on any atom is 0.122 e. The van der Waals surface area contributed by atoms with Crippen molar-refractivity contribution in [1.82, 2.24) is 4.90 Å². The highest BCUT2D eigenvalue weighted by Gasteiger charge is 2.16. The Morgan fingerprint density at radius 1 is 1.04 bits per heavy atom. The SMILES string of the molecule is Cc1cccc(CN(C[C@@H](O)COc2ccccc2C)C(C)C)c1. The van der Waals surface area contributed by atoms with E-state index in [1.165, 1.54) is 11.1 Å². The van der Waals surface area contributed by atoms with Crippen LogP contribution in [0.1, 0.15) is 30.5 Å². The smallest absolute Gasteiger partial charge is 0.122 e. The molecule has 0 heterocycles. The first kappa shape index (κ1) is 18.5. The van der Waals surface area contributed by atoms with Gasteiger partial charge in [-0.3, -0.25) is 4.90 Å². The van der Waals surface area contributed by atoms with Crippen molar-refractivity contribution in [2.45, 2.75) is 46.4 Å². The quantitative estimate of drug-likeness (QED) is 0.797. The molecule has 130 valence electrons. The van der Waals surface area contributed by atoms with Crippen LogP contribution in [0.15, 0.2) is 48.5 Å². The third-order valence-corrected chi connectivity index (χ3v) is 4.17. The number of para-hydroxylation sites is 1. The summed E-state index contributed by atoms with van der Waals surface area (Å²) in [6.45, 7) is 10.2. The fourth-order valence-corrected chi connectivity index (χ4v) is 2.73. The van der Waals surface area contributed by atoms with Crippen LogP contribution in [-0.4, -0.2) is 35.3 Å².